The van der Waals surface area contributed by atoms with E-state index >= 15 is 0 Å². The minimum absolute atomic E-state index is 0.202. The molecule has 0 aliphatic heterocycles. The van der Waals surface area contributed by atoms with E-state index in [0.717, 1.165) is 0 Å². The van der Waals surface area contributed by atoms with E-state index in [-0.39, 0.29) is 5.91 Å². The standard InChI is InChI=1S/C7H11N3O2/c1-5(8)7(11)9-4-6-2-3-10-12-6/h2-3,5H,4,8H2,1H3,(H,9,11). The molecule has 0 spiro atoms. The van der Waals surface area contributed by atoms with Gasteiger partial charge in [-0.1, -0.05) is 5.16 Å². The van der Waals surface area contributed by atoms with Crippen molar-refractivity contribution >= 4 is 5.91 Å². The maximum absolute atomic E-state index is 10.9. The maximum atomic E-state index is 10.9. The van der Waals surface area contributed by atoms with Gasteiger partial charge in [0.2, 0.25) is 5.91 Å². The van der Waals surface area contributed by atoms with Gasteiger partial charge >= 0.3 is 0 Å². The predicted molar refractivity (Wildman–Crippen MR) is 42.0 cm³/mol. The lowest BCUT2D eigenvalue weighted by Crippen LogP contribution is -2.37. The molecule has 1 amide bonds. The van der Waals surface area contributed by atoms with Gasteiger partial charge in [0, 0.05) is 6.07 Å². The van der Waals surface area contributed by atoms with Gasteiger partial charge in [0.1, 0.15) is 0 Å². The predicted octanol–water partition coefficient (Wildman–Crippen LogP) is -0.362. The van der Waals surface area contributed by atoms with Crippen LogP contribution in [-0.2, 0) is 11.3 Å². The average molecular weight is 169 g/mol. The molecule has 0 saturated carbocycles. The molecule has 5 heteroatoms. The third kappa shape index (κ3) is 2.35. The van der Waals surface area contributed by atoms with E-state index in [1.165, 1.54) is 6.20 Å². The van der Waals surface area contributed by atoms with Gasteiger partial charge in [-0.25, -0.2) is 0 Å². The highest BCUT2D eigenvalue weighted by atomic mass is 16.5. The number of rotatable bonds is 3. The lowest BCUT2D eigenvalue weighted by atomic mass is 10.3. The quantitative estimate of drug-likeness (QED) is 0.647. The van der Waals surface area contributed by atoms with Crippen molar-refractivity contribution in [3.8, 4) is 0 Å². The number of nitrogens with zero attached hydrogens (tertiary/aromatic N) is 1. The van der Waals surface area contributed by atoms with Crippen LogP contribution >= 0.6 is 0 Å². The highest BCUT2D eigenvalue weighted by Crippen LogP contribution is 1.94. The summed E-state index contributed by atoms with van der Waals surface area (Å²) in [7, 11) is 0. The summed E-state index contributed by atoms with van der Waals surface area (Å²) in [5.74, 6) is 0.412. The molecule has 12 heavy (non-hydrogen) atoms. The fraction of sp³-hybridized carbons (Fsp3) is 0.429. The summed E-state index contributed by atoms with van der Waals surface area (Å²) >= 11 is 0. The molecular formula is C7H11N3O2. The zero-order valence-electron chi connectivity index (χ0n) is 6.78. The van der Waals surface area contributed by atoms with Crippen molar-refractivity contribution in [3.63, 3.8) is 0 Å². The van der Waals surface area contributed by atoms with Crippen molar-refractivity contribution in [2.75, 3.05) is 0 Å². The van der Waals surface area contributed by atoms with Crippen LogP contribution in [0.15, 0.2) is 16.8 Å². The second kappa shape index (κ2) is 3.87. The van der Waals surface area contributed by atoms with Crippen molar-refractivity contribution < 1.29 is 9.32 Å². The number of carbonyl (C=O) groups excluding carboxylic acids is 1. The Morgan fingerprint density at radius 2 is 2.67 bits per heavy atom. The SMILES string of the molecule is CC(N)C(=O)NCc1ccno1. The van der Waals surface area contributed by atoms with Crippen LogP contribution in [0.2, 0.25) is 0 Å². The highest BCUT2D eigenvalue weighted by Gasteiger charge is 2.06. The zero-order chi connectivity index (χ0) is 8.97. The first-order valence-corrected chi connectivity index (χ1v) is 3.63. The molecule has 5 nitrogen and oxygen atoms in total. The number of hydrogen-bond acceptors (Lipinski definition) is 4. The van der Waals surface area contributed by atoms with Gasteiger partial charge in [0.25, 0.3) is 0 Å². The normalized spacial score (nSPS) is 12.5. The van der Waals surface area contributed by atoms with Gasteiger partial charge in [-0.05, 0) is 6.92 Å². The van der Waals surface area contributed by atoms with Crippen molar-refractivity contribution in [2.24, 2.45) is 5.73 Å². The number of carbonyl (C=O) groups is 1. The molecule has 0 aromatic carbocycles. The lowest BCUT2D eigenvalue weighted by molar-refractivity contribution is -0.122. The Hall–Kier alpha value is -1.36. The van der Waals surface area contributed by atoms with E-state index in [1.807, 2.05) is 0 Å². The topological polar surface area (TPSA) is 81.2 Å². The fourth-order valence-corrected chi connectivity index (χ4v) is 0.669. The summed E-state index contributed by atoms with van der Waals surface area (Å²) in [5, 5.41) is 6.07. The van der Waals surface area contributed by atoms with Gasteiger partial charge < -0.3 is 15.6 Å². The molecule has 1 rings (SSSR count). The summed E-state index contributed by atoms with van der Waals surface area (Å²) in [5.41, 5.74) is 5.32. The Labute approximate surface area is 69.9 Å². The van der Waals surface area contributed by atoms with E-state index in [9.17, 15) is 4.79 Å². The van der Waals surface area contributed by atoms with E-state index < -0.39 is 6.04 Å². The second-order valence-electron chi connectivity index (χ2n) is 2.49. The van der Waals surface area contributed by atoms with Gasteiger partial charge in [-0.2, -0.15) is 0 Å². The van der Waals surface area contributed by atoms with Crippen molar-refractivity contribution in [3.05, 3.63) is 18.0 Å². The van der Waals surface area contributed by atoms with Gasteiger partial charge in [-0.3, -0.25) is 4.79 Å². The summed E-state index contributed by atoms with van der Waals surface area (Å²) in [6.07, 6.45) is 1.52. The number of nitrogens with two attached hydrogens (primary N) is 1. The first kappa shape index (κ1) is 8.73. The molecule has 1 heterocycles. The zero-order valence-corrected chi connectivity index (χ0v) is 6.78. The third-order valence-electron chi connectivity index (χ3n) is 1.34. The Bertz CT molecular complexity index is 243. The Morgan fingerprint density at radius 3 is 3.17 bits per heavy atom. The Balaban J connectivity index is 2.32. The molecule has 0 fully saturated rings. The number of nitrogens with one attached hydrogen (secondary N) is 1. The molecule has 0 radical (unpaired) electrons. The molecule has 1 atom stereocenters. The second-order valence-corrected chi connectivity index (χ2v) is 2.49. The fourth-order valence-electron chi connectivity index (χ4n) is 0.669. The van der Waals surface area contributed by atoms with Crippen LogP contribution in [0.5, 0.6) is 0 Å². The third-order valence-corrected chi connectivity index (χ3v) is 1.34. The molecule has 0 bridgehead atoms. The minimum atomic E-state index is -0.493. The lowest BCUT2D eigenvalue weighted by Gasteiger charge is -2.04. The average Bonchev–Trinajstić information content (AvgIpc) is 2.51. The van der Waals surface area contributed by atoms with Crippen LogP contribution in [0.25, 0.3) is 0 Å². The van der Waals surface area contributed by atoms with Crippen molar-refractivity contribution in [1.82, 2.24) is 10.5 Å². The number of amides is 1. The smallest absolute Gasteiger partial charge is 0.237 e. The molecule has 1 unspecified atom stereocenters. The van der Waals surface area contributed by atoms with Crippen molar-refractivity contribution in [2.45, 2.75) is 19.5 Å². The number of hydrogen-bond donors (Lipinski definition) is 2. The van der Waals surface area contributed by atoms with E-state index in [1.54, 1.807) is 13.0 Å². The van der Waals surface area contributed by atoms with E-state index in [4.69, 9.17) is 10.3 Å². The minimum Gasteiger partial charge on any atom is -0.360 e. The molecule has 66 valence electrons. The molecule has 3 N–H and O–H groups in total. The van der Waals surface area contributed by atoms with Gasteiger partial charge in [0.15, 0.2) is 5.76 Å². The Morgan fingerprint density at radius 1 is 1.92 bits per heavy atom. The van der Waals surface area contributed by atoms with Gasteiger partial charge in [0.05, 0.1) is 18.8 Å². The van der Waals surface area contributed by atoms with Crippen LogP contribution in [0.1, 0.15) is 12.7 Å². The highest BCUT2D eigenvalue weighted by molar-refractivity contribution is 5.80. The monoisotopic (exact) mass is 169 g/mol. The van der Waals surface area contributed by atoms with E-state index in [2.05, 4.69) is 10.5 Å². The number of aromatic nitrogens is 1. The first-order chi connectivity index (χ1) is 5.70. The first-order valence-electron chi connectivity index (χ1n) is 3.63. The summed E-state index contributed by atoms with van der Waals surface area (Å²) < 4.78 is 4.76. The summed E-state index contributed by atoms with van der Waals surface area (Å²) in [6, 6.07) is 1.19. The molecular weight excluding hydrogens is 158 g/mol. The molecule has 0 aliphatic rings. The van der Waals surface area contributed by atoms with Crippen LogP contribution in [-0.4, -0.2) is 17.1 Å². The van der Waals surface area contributed by atoms with Crippen LogP contribution in [0.3, 0.4) is 0 Å². The molecule has 0 saturated heterocycles. The molecule has 0 aliphatic carbocycles. The Kier molecular flexibility index (Phi) is 2.82. The van der Waals surface area contributed by atoms with Crippen LogP contribution in [0, 0.1) is 0 Å². The largest absolute Gasteiger partial charge is 0.360 e. The van der Waals surface area contributed by atoms with Crippen LogP contribution in [0.4, 0.5) is 0 Å². The summed E-state index contributed by atoms with van der Waals surface area (Å²) in [6.45, 7) is 1.95. The van der Waals surface area contributed by atoms with Crippen molar-refractivity contribution in [1.29, 1.82) is 0 Å². The van der Waals surface area contributed by atoms with Crippen LogP contribution < -0.4 is 11.1 Å². The maximum Gasteiger partial charge on any atom is 0.237 e. The summed E-state index contributed by atoms with van der Waals surface area (Å²) in [4.78, 5) is 10.9. The van der Waals surface area contributed by atoms with E-state index in [0.29, 0.717) is 12.3 Å². The van der Waals surface area contributed by atoms with Gasteiger partial charge in [-0.15, -0.1) is 0 Å². The molecule has 1 aromatic rings. The molecule has 1 aromatic heterocycles.